The summed E-state index contributed by atoms with van der Waals surface area (Å²) in [4.78, 5) is 8.89. The molecule has 1 saturated heterocycles. The summed E-state index contributed by atoms with van der Waals surface area (Å²) in [6.07, 6.45) is -3.58. The summed E-state index contributed by atoms with van der Waals surface area (Å²) in [7, 11) is 3.32. The number of nitrogens with zero attached hydrogens (tertiary/aromatic N) is 3. The van der Waals surface area contributed by atoms with Crippen LogP contribution in [-0.2, 0) is 6.18 Å². The van der Waals surface area contributed by atoms with E-state index in [9.17, 15) is 13.2 Å². The molecular weight excluding hydrogens is 277 g/mol. The summed E-state index contributed by atoms with van der Waals surface area (Å²) in [5.74, 6) is 1.32. The predicted molar refractivity (Wildman–Crippen MR) is 70.7 cm³/mol. The summed E-state index contributed by atoms with van der Waals surface area (Å²) in [6, 6.07) is 1.77. The van der Waals surface area contributed by atoms with Gasteiger partial charge in [-0.1, -0.05) is 0 Å². The molecular formula is C11H15F3N4S. The number of rotatable bonds is 3. The molecule has 2 heterocycles. The lowest BCUT2D eigenvalue weighted by Gasteiger charge is -2.25. The zero-order valence-electron chi connectivity index (χ0n) is 10.7. The first-order chi connectivity index (χ1) is 8.91. The quantitative estimate of drug-likeness (QED) is 0.927. The van der Waals surface area contributed by atoms with Gasteiger partial charge in [-0.2, -0.15) is 24.9 Å². The van der Waals surface area contributed by atoms with Crippen LogP contribution in [0.4, 0.5) is 24.8 Å². The fourth-order valence-electron chi connectivity index (χ4n) is 1.88. The Labute approximate surface area is 113 Å². The van der Waals surface area contributed by atoms with Crippen molar-refractivity contribution >= 4 is 23.4 Å². The van der Waals surface area contributed by atoms with E-state index in [0.29, 0.717) is 5.82 Å². The van der Waals surface area contributed by atoms with Crippen molar-refractivity contribution in [1.29, 1.82) is 0 Å². The van der Waals surface area contributed by atoms with Crippen molar-refractivity contribution in [2.45, 2.75) is 18.6 Å². The van der Waals surface area contributed by atoms with Gasteiger partial charge in [0.05, 0.1) is 0 Å². The Morgan fingerprint density at radius 3 is 2.68 bits per heavy atom. The number of halogens is 3. The third-order valence-corrected chi connectivity index (χ3v) is 4.18. The van der Waals surface area contributed by atoms with E-state index >= 15 is 0 Å². The molecule has 1 unspecified atom stereocenters. The lowest BCUT2D eigenvalue weighted by atomic mass is 10.2. The van der Waals surface area contributed by atoms with E-state index < -0.39 is 12.0 Å². The first-order valence-corrected chi connectivity index (χ1v) is 7.02. The van der Waals surface area contributed by atoms with Crippen LogP contribution in [-0.4, -0.2) is 41.6 Å². The summed E-state index contributed by atoms with van der Waals surface area (Å²) >= 11 is 1.80. The largest absolute Gasteiger partial charge is 0.451 e. The Morgan fingerprint density at radius 2 is 2.16 bits per heavy atom. The highest BCUT2D eigenvalue weighted by molar-refractivity contribution is 7.99. The van der Waals surface area contributed by atoms with Crippen molar-refractivity contribution in [3.63, 3.8) is 0 Å². The maximum atomic E-state index is 12.7. The second-order valence-corrected chi connectivity index (χ2v) is 5.46. The molecule has 0 radical (unpaired) electrons. The Kier molecular flexibility index (Phi) is 4.07. The number of thioether (sulfide) groups is 1. The van der Waals surface area contributed by atoms with Crippen LogP contribution in [0, 0.1) is 0 Å². The van der Waals surface area contributed by atoms with Gasteiger partial charge in [-0.15, -0.1) is 0 Å². The number of hydrogen-bond donors (Lipinski definition) is 1. The van der Waals surface area contributed by atoms with Gasteiger partial charge in [-0.05, 0) is 12.2 Å². The molecule has 1 N–H and O–H groups in total. The van der Waals surface area contributed by atoms with E-state index in [2.05, 4.69) is 15.3 Å². The number of nitrogens with one attached hydrogen (secondary N) is 1. The second-order valence-electron chi connectivity index (χ2n) is 4.31. The van der Waals surface area contributed by atoms with Gasteiger partial charge >= 0.3 is 6.18 Å². The van der Waals surface area contributed by atoms with Crippen LogP contribution < -0.4 is 10.2 Å². The molecule has 4 nitrogen and oxygen atoms in total. The molecule has 1 fully saturated rings. The molecule has 19 heavy (non-hydrogen) atoms. The minimum Gasteiger partial charge on any atom is -0.373 e. The number of hydrogen-bond acceptors (Lipinski definition) is 5. The van der Waals surface area contributed by atoms with Crippen LogP contribution in [0.5, 0.6) is 0 Å². The summed E-state index contributed by atoms with van der Waals surface area (Å²) in [5.41, 5.74) is 0. The molecule has 0 bridgehead atoms. The lowest BCUT2D eigenvalue weighted by Crippen LogP contribution is -2.32. The van der Waals surface area contributed by atoms with Crippen LogP contribution in [0.15, 0.2) is 6.07 Å². The molecule has 0 spiro atoms. The minimum atomic E-state index is -4.53. The van der Waals surface area contributed by atoms with Crippen LogP contribution in [0.25, 0.3) is 0 Å². The fourth-order valence-corrected chi connectivity index (χ4v) is 3.15. The summed E-state index contributed by atoms with van der Waals surface area (Å²) in [6.45, 7) is 0. The van der Waals surface area contributed by atoms with Crippen molar-refractivity contribution in [1.82, 2.24) is 9.97 Å². The minimum absolute atomic E-state index is 0.176. The molecule has 1 atom stereocenters. The SMILES string of the molecule is CNc1cc(N(C)C2CCSC2)nc(C(F)(F)F)n1. The molecule has 0 saturated carbocycles. The van der Waals surface area contributed by atoms with Crippen LogP contribution in [0.3, 0.4) is 0 Å². The van der Waals surface area contributed by atoms with Crippen LogP contribution >= 0.6 is 11.8 Å². The Hall–Kier alpha value is -1.18. The molecule has 0 amide bonds. The van der Waals surface area contributed by atoms with E-state index in [1.165, 1.54) is 13.1 Å². The van der Waals surface area contributed by atoms with Gasteiger partial charge in [-0.3, -0.25) is 0 Å². The van der Waals surface area contributed by atoms with Crippen molar-refractivity contribution in [2.75, 3.05) is 35.8 Å². The standard InChI is InChI=1S/C11H15F3N4S/c1-15-8-5-9(17-10(16-8)11(12,13)14)18(2)7-3-4-19-6-7/h5,7H,3-4,6H2,1-2H3,(H,15,16,17). The molecule has 106 valence electrons. The third-order valence-electron chi connectivity index (χ3n) is 3.04. The summed E-state index contributed by atoms with van der Waals surface area (Å²) in [5, 5.41) is 2.64. The number of aromatic nitrogens is 2. The highest BCUT2D eigenvalue weighted by Gasteiger charge is 2.36. The maximum Gasteiger partial charge on any atom is 0.451 e. The van der Waals surface area contributed by atoms with Gasteiger partial charge in [0.1, 0.15) is 11.6 Å². The van der Waals surface area contributed by atoms with Gasteiger partial charge in [0.25, 0.3) is 0 Å². The zero-order valence-corrected chi connectivity index (χ0v) is 11.5. The molecule has 1 aromatic rings. The third kappa shape index (κ3) is 3.23. The molecule has 2 rings (SSSR count). The topological polar surface area (TPSA) is 41.0 Å². The zero-order chi connectivity index (χ0) is 14.0. The normalized spacial score (nSPS) is 19.5. The second kappa shape index (κ2) is 5.44. The van der Waals surface area contributed by atoms with E-state index in [1.807, 2.05) is 0 Å². The molecule has 1 aliphatic heterocycles. The monoisotopic (exact) mass is 292 g/mol. The lowest BCUT2D eigenvalue weighted by molar-refractivity contribution is -0.144. The predicted octanol–water partition coefficient (Wildman–Crippen LogP) is 2.48. The number of anilines is 2. The van der Waals surface area contributed by atoms with E-state index in [-0.39, 0.29) is 11.9 Å². The van der Waals surface area contributed by atoms with Gasteiger partial charge in [0.15, 0.2) is 0 Å². The first kappa shape index (κ1) is 14.2. The highest BCUT2D eigenvalue weighted by Crippen LogP contribution is 2.31. The van der Waals surface area contributed by atoms with Gasteiger partial charge in [0, 0.05) is 32.0 Å². The summed E-state index contributed by atoms with van der Waals surface area (Å²) < 4.78 is 38.2. The van der Waals surface area contributed by atoms with Crippen molar-refractivity contribution in [3.05, 3.63) is 11.9 Å². The highest BCUT2D eigenvalue weighted by atomic mass is 32.2. The smallest absolute Gasteiger partial charge is 0.373 e. The van der Waals surface area contributed by atoms with Gasteiger partial charge in [-0.25, -0.2) is 9.97 Å². The average molecular weight is 292 g/mol. The first-order valence-electron chi connectivity index (χ1n) is 5.86. The molecule has 8 heteroatoms. The molecule has 1 aliphatic rings. The Morgan fingerprint density at radius 1 is 1.42 bits per heavy atom. The van der Waals surface area contributed by atoms with E-state index in [4.69, 9.17) is 0 Å². The fraction of sp³-hybridized carbons (Fsp3) is 0.636. The van der Waals surface area contributed by atoms with Crippen molar-refractivity contribution in [2.24, 2.45) is 0 Å². The van der Waals surface area contributed by atoms with E-state index in [1.54, 1.807) is 23.7 Å². The van der Waals surface area contributed by atoms with E-state index in [0.717, 1.165) is 17.9 Å². The van der Waals surface area contributed by atoms with Crippen LogP contribution in [0.1, 0.15) is 12.2 Å². The van der Waals surface area contributed by atoms with Gasteiger partial charge in [0.2, 0.25) is 5.82 Å². The molecule has 0 aliphatic carbocycles. The Balaban J connectivity index is 2.33. The molecule has 0 aromatic carbocycles. The Bertz CT molecular complexity index is 446. The molecule has 1 aromatic heterocycles. The maximum absolute atomic E-state index is 12.7. The number of alkyl halides is 3. The van der Waals surface area contributed by atoms with Gasteiger partial charge < -0.3 is 10.2 Å². The van der Waals surface area contributed by atoms with Crippen molar-refractivity contribution in [3.8, 4) is 0 Å². The average Bonchev–Trinajstić information content (AvgIpc) is 2.90. The van der Waals surface area contributed by atoms with Crippen LogP contribution in [0.2, 0.25) is 0 Å². The van der Waals surface area contributed by atoms with Crippen molar-refractivity contribution < 1.29 is 13.2 Å².